The molecule has 25 heavy (non-hydrogen) atoms. The van der Waals surface area contributed by atoms with Gasteiger partial charge in [-0.2, -0.15) is 0 Å². The van der Waals surface area contributed by atoms with Crippen LogP contribution in [0.1, 0.15) is 52.4 Å². The summed E-state index contributed by atoms with van der Waals surface area (Å²) in [6.07, 6.45) is 14.4. The molecule has 0 spiro atoms. The molecule has 1 fully saturated rings. The highest BCUT2D eigenvalue weighted by atomic mass is 16.5. The monoisotopic (exact) mass is 346 g/mol. The van der Waals surface area contributed by atoms with Gasteiger partial charge in [0.1, 0.15) is 0 Å². The fraction of sp³-hybridized carbons (Fsp3) is 0.762. The predicted octanol–water partition coefficient (Wildman–Crippen LogP) is 3.39. The molecule has 0 saturated carbocycles. The van der Waals surface area contributed by atoms with Crippen LogP contribution in [0, 0.1) is 5.92 Å². The Bertz CT molecular complexity index is 504. The van der Waals surface area contributed by atoms with Crippen LogP contribution >= 0.6 is 0 Å². The van der Waals surface area contributed by atoms with E-state index >= 15 is 0 Å². The molecule has 3 aliphatic rings. The lowest BCUT2D eigenvalue weighted by Gasteiger charge is -2.36. The van der Waals surface area contributed by atoms with Gasteiger partial charge in [0.25, 0.3) is 0 Å². The first-order valence-electron chi connectivity index (χ1n) is 10.1. The van der Waals surface area contributed by atoms with Crippen molar-refractivity contribution in [1.82, 2.24) is 9.80 Å². The number of hydrogen-bond acceptors (Lipinski definition) is 3. The van der Waals surface area contributed by atoms with E-state index in [2.05, 4.69) is 23.1 Å². The van der Waals surface area contributed by atoms with E-state index in [0.29, 0.717) is 12.1 Å². The summed E-state index contributed by atoms with van der Waals surface area (Å²) in [6.45, 7) is 8.64. The number of hydrogen-bond donors (Lipinski definition) is 0. The summed E-state index contributed by atoms with van der Waals surface area (Å²) in [4.78, 5) is 16.7. The summed E-state index contributed by atoms with van der Waals surface area (Å²) in [5.74, 6) is 0.384. The summed E-state index contributed by atoms with van der Waals surface area (Å²) >= 11 is 0. The first-order chi connectivity index (χ1) is 12.1. The van der Waals surface area contributed by atoms with Crippen LogP contribution in [0.3, 0.4) is 0 Å². The molecule has 0 aromatic rings. The van der Waals surface area contributed by atoms with Crippen molar-refractivity contribution in [2.45, 2.75) is 64.5 Å². The molecule has 4 heteroatoms. The van der Waals surface area contributed by atoms with Crippen LogP contribution in [-0.4, -0.2) is 60.6 Å². The summed E-state index contributed by atoms with van der Waals surface area (Å²) in [5.41, 5.74) is 1.44. The van der Waals surface area contributed by atoms with E-state index in [0.717, 1.165) is 45.5 Å². The molecule has 3 rings (SSSR count). The Balaban J connectivity index is 1.40. The molecule has 1 atom stereocenters. The van der Waals surface area contributed by atoms with Crippen molar-refractivity contribution in [3.63, 3.8) is 0 Å². The number of amides is 1. The van der Waals surface area contributed by atoms with E-state index in [9.17, 15) is 4.79 Å². The largest absolute Gasteiger partial charge is 0.374 e. The van der Waals surface area contributed by atoms with Gasteiger partial charge in [-0.3, -0.25) is 9.69 Å². The molecular weight excluding hydrogens is 312 g/mol. The molecule has 1 amide bonds. The van der Waals surface area contributed by atoms with E-state index in [1.807, 2.05) is 18.7 Å². The average molecular weight is 347 g/mol. The van der Waals surface area contributed by atoms with Crippen LogP contribution in [0.15, 0.2) is 23.8 Å². The number of allylic oxidation sites excluding steroid dienone is 1. The molecule has 0 bridgehead atoms. The van der Waals surface area contributed by atoms with Crippen molar-refractivity contribution >= 4 is 5.91 Å². The van der Waals surface area contributed by atoms with Crippen LogP contribution in [0.5, 0.6) is 0 Å². The average Bonchev–Trinajstić information content (AvgIpc) is 2.67. The molecule has 2 aliphatic heterocycles. The standard InChI is InChI=1S/C21H34N2O2/c1-17(2)21(24)22-13-10-20(11-14-22)25-16-18-7-6-12-23(15-18)19-8-4-3-5-9-19/h4,7-8,17,19-20H,3,5-6,9-16H2,1-2H3. The Hall–Kier alpha value is -1.13. The number of ether oxygens (including phenoxy) is 1. The number of carbonyl (C=O) groups excluding carboxylic acids is 1. The lowest BCUT2D eigenvalue weighted by molar-refractivity contribution is -0.137. The SMILES string of the molecule is CC(C)C(=O)N1CCC(OCC2=CCCN(C3C=CCCC3)C2)CC1. The Morgan fingerprint density at radius 3 is 2.68 bits per heavy atom. The van der Waals surface area contributed by atoms with E-state index in [4.69, 9.17) is 4.74 Å². The number of piperidine rings is 1. The van der Waals surface area contributed by atoms with Gasteiger partial charge in [-0.05, 0) is 44.1 Å². The molecule has 4 nitrogen and oxygen atoms in total. The molecule has 1 aliphatic carbocycles. The Morgan fingerprint density at radius 1 is 1.20 bits per heavy atom. The van der Waals surface area contributed by atoms with Crippen molar-refractivity contribution < 1.29 is 9.53 Å². The predicted molar refractivity (Wildman–Crippen MR) is 101 cm³/mol. The molecule has 2 heterocycles. The van der Waals surface area contributed by atoms with Crippen LogP contribution in [0.2, 0.25) is 0 Å². The van der Waals surface area contributed by atoms with E-state index < -0.39 is 0 Å². The third kappa shape index (κ3) is 5.18. The third-order valence-corrected chi connectivity index (χ3v) is 5.71. The molecule has 1 saturated heterocycles. The normalized spacial score (nSPS) is 26.1. The van der Waals surface area contributed by atoms with Gasteiger partial charge in [-0.25, -0.2) is 0 Å². The molecule has 0 N–H and O–H groups in total. The number of nitrogens with zero attached hydrogens (tertiary/aromatic N) is 2. The number of likely N-dealkylation sites (tertiary alicyclic amines) is 1. The smallest absolute Gasteiger partial charge is 0.225 e. The van der Waals surface area contributed by atoms with Gasteiger partial charge in [0.2, 0.25) is 5.91 Å². The quantitative estimate of drug-likeness (QED) is 0.715. The summed E-state index contributed by atoms with van der Waals surface area (Å²) in [7, 11) is 0. The second-order valence-corrected chi connectivity index (χ2v) is 8.04. The molecule has 140 valence electrons. The minimum atomic E-state index is 0.102. The lowest BCUT2D eigenvalue weighted by atomic mass is 9.99. The second-order valence-electron chi connectivity index (χ2n) is 8.04. The minimum Gasteiger partial charge on any atom is -0.374 e. The first kappa shape index (κ1) is 18.7. The summed E-state index contributed by atoms with van der Waals surface area (Å²) < 4.78 is 6.20. The highest BCUT2D eigenvalue weighted by molar-refractivity contribution is 5.78. The Kier molecular flexibility index (Phi) is 6.71. The van der Waals surface area contributed by atoms with Gasteiger partial charge in [0, 0.05) is 38.1 Å². The molecule has 1 unspecified atom stereocenters. The van der Waals surface area contributed by atoms with Crippen molar-refractivity contribution in [3.8, 4) is 0 Å². The maximum atomic E-state index is 12.1. The number of rotatable bonds is 5. The molecule has 0 aromatic carbocycles. The van der Waals surface area contributed by atoms with E-state index in [1.165, 1.54) is 31.4 Å². The van der Waals surface area contributed by atoms with Gasteiger partial charge in [-0.15, -0.1) is 0 Å². The zero-order valence-corrected chi connectivity index (χ0v) is 16.0. The van der Waals surface area contributed by atoms with Gasteiger partial charge in [-0.1, -0.05) is 32.1 Å². The second kappa shape index (κ2) is 9.00. The van der Waals surface area contributed by atoms with Gasteiger partial charge >= 0.3 is 0 Å². The van der Waals surface area contributed by atoms with Crippen molar-refractivity contribution in [2.75, 3.05) is 32.8 Å². The van der Waals surface area contributed by atoms with Gasteiger partial charge in [0.15, 0.2) is 0 Å². The van der Waals surface area contributed by atoms with Crippen molar-refractivity contribution in [2.24, 2.45) is 5.92 Å². The maximum absolute atomic E-state index is 12.1. The molecule has 0 aromatic heterocycles. The molecular formula is C21H34N2O2. The fourth-order valence-corrected chi connectivity index (χ4v) is 4.16. The zero-order valence-electron chi connectivity index (χ0n) is 16.0. The van der Waals surface area contributed by atoms with Crippen LogP contribution in [0.4, 0.5) is 0 Å². The van der Waals surface area contributed by atoms with Crippen molar-refractivity contribution in [3.05, 3.63) is 23.8 Å². The zero-order chi connectivity index (χ0) is 17.6. The van der Waals surface area contributed by atoms with Gasteiger partial charge < -0.3 is 9.64 Å². The fourth-order valence-electron chi connectivity index (χ4n) is 4.16. The first-order valence-corrected chi connectivity index (χ1v) is 10.1. The maximum Gasteiger partial charge on any atom is 0.225 e. The highest BCUT2D eigenvalue weighted by Crippen LogP contribution is 2.22. The lowest BCUT2D eigenvalue weighted by Crippen LogP contribution is -2.43. The highest BCUT2D eigenvalue weighted by Gasteiger charge is 2.26. The Labute approximate surface area is 152 Å². The minimum absolute atomic E-state index is 0.102. The molecule has 0 radical (unpaired) electrons. The van der Waals surface area contributed by atoms with Crippen LogP contribution in [-0.2, 0) is 9.53 Å². The van der Waals surface area contributed by atoms with E-state index in [-0.39, 0.29) is 11.8 Å². The van der Waals surface area contributed by atoms with Crippen LogP contribution in [0.25, 0.3) is 0 Å². The van der Waals surface area contributed by atoms with Crippen molar-refractivity contribution in [1.29, 1.82) is 0 Å². The van der Waals surface area contributed by atoms with E-state index in [1.54, 1.807) is 0 Å². The summed E-state index contributed by atoms with van der Waals surface area (Å²) in [6, 6.07) is 0.628. The topological polar surface area (TPSA) is 32.8 Å². The van der Waals surface area contributed by atoms with Crippen LogP contribution < -0.4 is 0 Å². The summed E-state index contributed by atoms with van der Waals surface area (Å²) in [5, 5.41) is 0. The Morgan fingerprint density at radius 2 is 2.00 bits per heavy atom. The van der Waals surface area contributed by atoms with Gasteiger partial charge in [0.05, 0.1) is 12.7 Å². The number of carbonyl (C=O) groups is 1. The third-order valence-electron chi connectivity index (χ3n) is 5.71.